The number of ether oxygens (including phenoxy) is 1. The molecule has 0 spiro atoms. The van der Waals surface area contributed by atoms with E-state index in [2.05, 4.69) is 28.9 Å². The Balaban J connectivity index is 2.31. The summed E-state index contributed by atoms with van der Waals surface area (Å²) >= 11 is 0. The molecule has 0 aromatic carbocycles. The van der Waals surface area contributed by atoms with Crippen molar-refractivity contribution in [2.45, 2.75) is 0 Å². The molecule has 0 bridgehead atoms. The molecule has 2 heteroatoms. The standard InChI is InChI=1S/C13H14NO/c1-14(2)13-5-3-11(4-6-13)12-7-9-15-10-8-12/h3-10H,1-2H3/q+1. The molecule has 0 aromatic heterocycles. The maximum atomic E-state index is 4.99. The molecule has 1 aliphatic heterocycles. The van der Waals surface area contributed by atoms with E-state index < -0.39 is 0 Å². The molecule has 0 saturated carbocycles. The normalized spacial score (nSPS) is 18.4. The van der Waals surface area contributed by atoms with Gasteiger partial charge in [-0.2, -0.15) is 0 Å². The molecule has 1 aliphatic carbocycles. The van der Waals surface area contributed by atoms with Gasteiger partial charge in [0.2, 0.25) is 0 Å². The van der Waals surface area contributed by atoms with Crippen molar-refractivity contribution >= 4 is 5.71 Å². The molecule has 2 aliphatic rings. The minimum atomic E-state index is 1.17. The minimum absolute atomic E-state index is 1.17. The van der Waals surface area contributed by atoms with Crippen LogP contribution in [0.4, 0.5) is 0 Å². The van der Waals surface area contributed by atoms with E-state index in [1.807, 2.05) is 26.2 Å². The van der Waals surface area contributed by atoms with Crippen molar-refractivity contribution < 1.29 is 9.31 Å². The van der Waals surface area contributed by atoms with E-state index >= 15 is 0 Å². The molecule has 1 heterocycles. The zero-order chi connectivity index (χ0) is 10.7. The fourth-order valence-electron chi connectivity index (χ4n) is 1.47. The molecule has 0 radical (unpaired) electrons. The SMILES string of the molecule is C[N+](C)=C1C=CC(=C2C=COC=C2)C=C1. The first-order valence-corrected chi connectivity index (χ1v) is 4.90. The highest BCUT2D eigenvalue weighted by atomic mass is 16.5. The third-order valence-corrected chi connectivity index (χ3v) is 2.37. The summed E-state index contributed by atoms with van der Waals surface area (Å²) in [5, 5.41) is 0. The summed E-state index contributed by atoms with van der Waals surface area (Å²) in [4.78, 5) is 0. The van der Waals surface area contributed by atoms with E-state index in [-0.39, 0.29) is 0 Å². The number of hydrogen-bond acceptors (Lipinski definition) is 1. The van der Waals surface area contributed by atoms with Crippen molar-refractivity contribution in [1.29, 1.82) is 0 Å². The first kappa shape index (κ1) is 9.71. The molecule has 2 nitrogen and oxygen atoms in total. The van der Waals surface area contributed by atoms with Crippen LogP contribution in [0.5, 0.6) is 0 Å². The Morgan fingerprint density at radius 2 is 1.33 bits per heavy atom. The summed E-state index contributed by atoms with van der Waals surface area (Å²) in [6, 6.07) is 0. The lowest BCUT2D eigenvalue weighted by Gasteiger charge is -2.07. The second-order valence-corrected chi connectivity index (χ2v) is 3.64. The van der Waals surface area contributed by atoms with E-state index in [1.54, 1.807) is 12.5 Å². The van der Waals surface area contributed by atoms with E-state index in [0.717, 1.165) is 0 Å². The van der Waals surface area contributed by atoms with Gasteiger partial charge < -0.3 is 4.74 Å². The minimum Gasteiger partial charge on any atom is -0.473 e. The Labute approximate surface area is 89.9 Å². The van der Waals surface area contributed by atoms with Gasteiger partial charge in [0, 0.05) is 12.2 Å². The van der Waals surface area contributed by atoms with Gasteiger partial charge >= 0.3 is 0 Å². The van der Waals surface area contributed by atoms with Gasteiger partial charge in [-0.05, 0) is 35.5 Å². The van der Waals surface area contributed by atoms with Crippen molar-refractivity contribution in [1.82, 2.24) is 0 Å². The average molecular weight is 200 g/mol. The molecule has 0 amide bonds. The lowest BCUT2D eigenvalue weighted by molar-refractivity contribution is -0.462. The smallest absolute Gasteiger partial charge is 0.199 e. The Hall–Kier alpha value is -1.83. The Kier molecular flexibility index (Phi) is 2.68. The van der Waals surface area contributed by atoms with Crippen LogP contribution < -0.4 is 0 Å². The molecule has 0 atom stereocenters. The predicted octanol–water partition coefficient (Wildman–Crippen LogP) is 2.18. The van der Waals surface area contributed by atoms with Crippen molar-refractivity contribution in [2.24, 2.45) is 0 Å². The summed E-state index contributed by atoms with van der Waals surface area (Å²) < 4.78 is 7.08. The van der Waals surface area contributed by atoms with Crippen molar-refractivity contribution in [3.05, 3.63) is 60.1 Å². The van der Waals surface area contributed by atoms with Crippen LogP contribution in [-0.4, -0.2) is 24.4 Å². The number of allylic oxidation sites excluding steroid dienone is 8. The van der Waals surface area contributed by atoms with Crippen molar-refractivity contribution in [3.8, 4) is 0 Å². The molecule has 76 valence electrons. The monoisotopic (exact) mass is 200 g/mol. The maximum absolute atomic E-state index is 4.99. The largest absolute Gasteiger partial charge is 0.473 e. The second-order valence-electron chi connectivity index (χ2n) is 3.64. The third-order valence-electron chi connectivity index (χ3n) is 2.37. The quantitative estimate of drug-likeness (QED) is 0.546. The van der Waals surface area contributed by atoms with E-state index in [0.29, 0.717) is 0 Å². The second kappa shape index (κ2) is 4.13. The molecule has 0 aromatic rings. The molecular weight excluding hydrogens is 186 g/mol. The predicted molar refractivity (Wildman–Crippen MR) is 61.8 cm³/mol. The fourth-order valence-corrected chi connectivity index (χ4v) is 1.47. The summed E-state index contributed by atoms with van der Waals surface area (Å²) in [6.07, 6.45) is 15.8. The van der Waals surface area contributed by atoms with Crippen LogP contribution in [0.15, 0.2) is 60.1 Å². The highest BCUT2D eigenvalue weighted by Crippen LogP contribution is 2.17. The zero-order valence-corrected chi connectivity index (χ0v) is 8.97. The van der Waals surface area contributed by atoms with Gasteiger partial charge in [-0.25, -0.2) is 4.58 Å². The zero-order valence-electron chi connectivity index (χ0n) is 8.97. The van der Waals surface area contributed by atoms with Gasteiger partial charge in [-0.3, -0.25) is 0 Å². The molecular formula is C13H14NO+. The Morgan fingerprint density at radius 3 is 1.87 bits per heavy atom. The van der Waals surface area contributed by atoms with E-state index in [9.17, 15) is 0 Å². The topological polar surface area (TPSA) is 12.2 Å². The lowest BCUT2D eigenvalue weighted by atomic mass is 10.0. The van der Waals surface area contributed by atoms with Gasteiger partial charge in [0.15, 0.2) is 5.71 Å². The van der Waals surface area contributed by atoms with Crippen LogP contribution in [-0.2, 0) is 4.74 Å². The van der Waals surface area contributed by atoms with Crippen molar-refractivity contribution in [2.75, 3.05) is 14.1 Å². The number of hydrogen-bond donors (Lipinski definition) is 0. The van der Waals surface area contributed by atoms with Gasteiger partial charge in [0.05, 0.1) is 12.5 Å². The fraction of sp³-hybridized carbons (Fsp3) is 0.154. The lowest BCUT2D eigenvalue weighted by Crippen LogP contribution is -2.09. The highest BCUT2D eigenvalue weighted by molar-refractivity contribution is 6.02. The molecule has 15 heavy (non-hydrogen) atoms. The van der Waals surface area contributed by atoms with Crippen LogP contribution >= 0.6 is 0 Å². The number of rotatable bonds is 0. The summed E-state index contributed by atoms with van der Waals surface area (Å²) in [5.74, 6) is 0. The van der Waals surface area contributed by atoms with E-state index in [1.165, 1.54) is 16.9 Å². The molecule has 0 unspecified atom stereocenters. The van der Waals surface area contributed by atoms with Crippen LogP contribution in [0.25, 0.3) is 0 Å². The van der Waals surface area contributed by atoms with Gasteiger partial charge in [-0.15, -0.1) is 0 Å². The summed E-state index contributed by atoms with van der Waals surface area (Å²) in [7, 11) is 4.08. The number of nitrogens with zero attached hydrogens (tertiary/aromatic N) is 1. The Morgan fingerprint density at radius 1 is 0.800 bits per heavy atom. The average Bonchev–Trinajstić information content (AvgIpc) is 2.30. The highest BCUT2D eigenvalue weighted by Gasteiger charge is 2.06. The van der Waals surface area contributed by atoms with Crippen LogP contribution in [0.3, 0.4) is 0 Å². The van der Waals surface area contributed by atoms with Gasteiger partial charge in [-0.1, -0.05) is 0 Å². The van der Waals surface area contributed by atoms with E-state index in [4.69, 9.17) is 4.74 Å². The third kappa shape index (κ3) is 2.15. The molecule has 2 rings (SSSR count). The van der Waals surface area contributed by atoms with Gasteiger partial charge in [0.25, 0.3) is 0 Å². The van der Waals surface area contributed by atoms with Crippen LogP contribution in [0, 0.1) is 0 Å². The van der Waals surface area contributed by atoms with Crippen molar-refractivity contribution in [3.63, 3.8) is 0 Å². The van der Waals surface area contributed by atoms with Crippen LogP contribution in [0.1, 0.15) is 0 Å². The summed E-state index contributed by atoms with van der Waals surface area (Å²) in [6.45, 7) is 0. The molecule has 0 N–H and O–H groups in total. The van der Waals surface area contributed by atoms with Crippen LogP contribution in [0.2, 0.25) is 0 Å². The van der Waals surface area contributed by atoms with Gasteiger partial charge in [0.1, 0.15) is 14.1 Å². The first-order valence-electron chi connectivity index (χ1n) is 4.90. The molecule has 0 saturated heterocycles. The Bertz CT molecular complexity index is 409. The molecule has 0 fully saturated rings. The summed E-state index contributed by atoms with van der Waals surface area (Å²) in [5.41, 5.74) is 3.59. The first-order chi connectivity index (χ1) is 7.27. The maximum Gasteiger partial charge on any atom is 0.199 e.